The van der Waals surface area contributed by atoms with E-state index in [0.717, 1.165) is 19.0 Å². The number of aryl methyl sites for hydroxylation is 1. The lowest BCUT2D eigenvalue weighted by Gasteiger charge is -2.13. The molecule has 0 spiro atoms. The molecule has 122 valence electrons. The van der Waals surface area contributed by atoms with Crippen LogP contribution in [0.5, 0.6) is 0 Å². The first-order chi connectivity index (χ1) is 11.6. The number of amides is 1. The van der Waals surface area contributed by atoms with Crippen LogP contribution < -0.4 is 11.1 Å². The van der Waals surface area contributed by atoms with Crippen LogP contribution >= 0.6 is 0 Å². The van der Waals surface area contributed by atoms with Crippen LogP contribution in [0.25, 0.3) is 0 Å². The van der Waals surface area contributed by atoms with E-state index in [1.54, 1.807) is 0 Å². The van der Waals surface area contributed by atoms with E-state index < -0.39 is 10.8 Å². The summed E-state index contributed by atoms with van der Waals surface area (Å²) in [4.78, 5) is 26.0. The Hall–Kier alpha value is -2.96. The maximum Gasteiger partial charge on any atom is 0.288 e. The van der Waals surface area contributed by atoms with Crippen molar-refractivity contribution in [3.63, 3.8) is 0 Å². The lowest BCUT2D eigenvalue weighted by Crippen LogP contribution is -2.17. The zero-order valence-corrected chi connectivity index (χ0v) is 12.8. The van der Waals surface area contributed by atoms with Gasteiger partial charge in [-0.2, -0.15) is 0 Å². The number of hydrogen-bond donors (Lipinski definition) is 2. The van der Waals surface area contributed by atoms with Gasteiger partial charge in [0.05, 0.1) is 10.5 Å². The summed E-state index contributed by atoms with van der Waals surface area (Å²) in [7, 11) is 0. The summed E-state index contributed by atoms with van der Waals surface area (Å²) in [5.41, 5.74) is 7.89. The molecule has 1 heterocycles. The van der Waals surface area contributed by atoms with Gasteiger partial charge in [-0.1, -0.05) is 24.3 Å². The Morgan fingerprint density at radius 2 is 2.17 bits per heavy atom. The molecule has 0 aliphatic heterocycles. The third-order valence-electron chi connectivity index (χ3n) is 4.98. The standard InChI is InChI=1S/C17H16N4O3/c18-16(22)13-7-10(21(23)24)8-19-17(13)20-15-12-6-5-9-3-1-2-4-11(9)14(12)15/h1-4,7-8,12,14-15H,5-6H2,(H2,18,22)(H,19,20). The summed E-state index contributed by atoms with van der Waals surface area (Å²) in [6.45, 7) is 0. The molecule has 1 fully saturated rings. The molecule has 1 aromatic carbocycles. The zero-order chi connectivity index (χ0) is 16.8. The summed E-state index contributed by atoms with van der Waals surface area (Å²) in [5, 5.41) is 14.1. The van der Waals surface area contributed by atoms with Crippen LogP contribution in [0.2, 0.25) is 0 Å². The van der Waals surface area contributed by atoms with E-state index in [1.165, 1.54) is 17.2 Å². The molecule has 1 saturated carbocycles. The first-order valence-electron chi connectivity index (χ1n) is 7.85. The molecule has 1 aromatic heterocycles. The second-order valence-electron chi connectivity index (χ2n) is 6.31. The number of carbonyl (C=O) groups excluding carboxylic acids is 1. The van der Waals surface area contributed by atoms with Crippen LogP contribution in [0.3, 0.4) is 0 Å². The van der Waals surface area contributed by atoms with Gasteiger partial charge in [-0.3, -0.25) is 14.9 Å². The molecule has 4 rings (SSSR count). The third-order valence-corrected chi connectivity index (χ3v) is 4.98. The van der Waals surface area contributed by atoms with Crippen molar-refractivity contribution in [3.05, 3.63) is 63.3 Å². The molecule has 3 atom stereocenters. The number of rotatable bonds is 4. The SMILES string of the molecule is NC(=O)c1cc([N+](=O)[O-])cnc1NC1C2CCc3ccccc3C21. The van der Waals surface area contributed by atoms with Gasteiger partial charge in [0.15, 0.2) is 0 Å². The van der Waals surface area contributed by atoms with Crippen LogP contribution in [0.1, 0.15) is 33.8 Å². The molecule has 2 aromatic rings. The topological polar surface area (TPSA) is 111 Å². The Morgan fingerprint density at radius 3 is 2.92 bits per heavy atom. The number of primary amides is 1. The highest BCUT2D eigenvalue weighted by Gasteiger charge is 2.53. The molecular formula is C17H16N4O3. The monoisotopic (exact) mass is 324 g/mol. The van der Waals surface area contributed by atoms with Gasteiger partial charge in [-0.25, -0.2) is 4.98 Å². The molecular weight excluding hydrogens is 308 g/mol. The number of aromatic nitrogens is 1. The molecule has 7 nitrogen and oxygen atoms in total. The molecule has 3 unspecified atom stereocenters. The lowest BCUT2D eigenvalue weighted by atomic mass is 9.92. The molecule has 1 amide bonds. The minimum atomic E-state index is -0.724. The van der Waals surface area contributed by atoms with Gasteiger partial charge in [-0.15, -0.1) is 0 Å². The van der Waals surface area contributed by atoms with Crippen molar-refractivity contribution in [2.75, 3.05) is 5.32 Å². The van der Waals surface area contributed by atoms with Crippen molar-refractivity contribution < 1.29 is 9.72 Å². The molecule has 3 N–H and O–H groups in total. The van der Waals surface area contributed by atoms with E-state index in [9.17, 15) is 14.9 Å². The Bertz CT molecular complexity index is 851. The van der Waals surface area contributed by atoms with Crippen molar-refractivity contribution in [2.24, 2.45) is 11.7 Å². The van der Waals surface area contributed by atoms with Crippen LogP contribution in [0.4, 0.5) is 11.5 Å². The zero-order valence-electron chi connectivity index (χ0n) is 12.8. The van der Waals surface area contributed by atoms with Crippen LogP contribution in [-0.2, 0) is 6.42 Å². The molecule has 2 aliphatic rings. The minimum Gasteiger partial charge on any atom is -0.366 e. The fourth-order valence-corrected chi connectivity index (χ4v) is 3.78. The number of fused-ring (bicyclic) bond motifs is 3. The average Bonchev–Trinajstić information content (AvgIpc) is 3.28. The smallest absolute Gasteiger partial charge is 0.288 e. The minimum absolute atomic E-state index is 0.0566. The highest BCUT2D eigenvalue weighted by atomic mass is 16.6. The predicted octanol–water partition coefficient (Wildman–Crippen LogP) is 2.23. The predicted molar refractivity (Wildman–Crippen MR) is 87.8 cm³/mol. The van der Waals surface area contributed by atoms with E-state index in [4.69, 9.17) is 5.73 Å². The largest absolute Gasteiger partial charge is 0.366 e. The normalized spacial score (nSPS) is 23.8. The van der Waals surface area contributed by atoms with Crippen LogP contribution in [0, 0.1) is 16.0 Å². The summed E-state index contributed by atoms with van der Waals surface area (Å²) < 4.78 is 0. The highest BCUT2D eigenvalue weighted by Crippen LogP contribution is 2.55. The van der Waals surface area contributed by atoms with Crippen LogP contribution in [-0.4, -0.2) is 21.9 Å². The van der Waals surface area contributed by atoms with Crippen molar-refractivity contribution in [1.82, 2.24) is 4.98 Å². The molecule has 7 heteroatoms. The number of benzene rings is 1. The summed E-state index contributed by atoms with van der Waals surface area (Å²) in [5.74, 6) is 0.494. The van der Waals surface area contributed by atoms with E-state index >= 15 is 0 Å². The summed E-state index contributed by atoms with van der Waals surface area (Å²) in [6.07, 6.45) is 3.28. The third kappa shape index (κ3) is 2.29. The van der Waals surface area contributed by atoms with E-state index in [0.29, 0.717) is 17.7 Å². The van der Waals surface area contributed by atoms with E-state index in [1.807, 2.05) is 12.1 Å². The molecule has 0 radical (unpaired) electrons. The van der Waals surface area contributed by atoms with Gasteiger partial charge in [0.2, 0.25) is 0 Å². The number of nitrogens with one attached hydrogen (secondary N) is 1. The Morgan fingerprint density at radius 1 is 1.38 bits per heavy atom. The summed E-state index contributed by atoms with van der Waals surface area (Å²) in [6, 6.07) is 9.74. The van der Waals surface area contributed by atoms with Crippen LogP contribution in [0.15, 0.2) is 36.5 Å². The fourth-order valence-electron chi connectivity index (χ4n) is 3.78. The average molecular weight is 324 g/mol. The van der Waals surface area contributed by atoms with Crippen molar-refractivity contribution in [2.45, 2.75) is 24.8 Å². The summed E-state index contributed by atoms with van der Waals surface area (Å²) >= 11 is 0. The van der Waals surface area contributed by atoms with Crippen molar-refractivity contribution in [1.29, 1.82) is 0 Å². The second-order valence-corrected chi connectivity index (χ2v) is 6.31. The van der Waals surface area contributed by atoms with Gasteiger partial charge in [0.1, 0.15) is 12.0 Å². The van der Waals surface area contributed by atoms with E-state index in [2.05, 4.69) is 22.4 Å². The van der Waals surface area contributed by atoms with Gasteiger partial charge in [0.25, 0.3) is 11.6 Å². The quantitative estimate of drug-likeness (QED) is 0.661. The van der Waals surface area contributed by atoms with Gasteiger partial charge in [-0.05, 0) is 29.9 Å². The first kappa shape index (κ1) is 14.6. The number of hydrogen-bond acceptors (Lipinski definition) is 5. The first-order valence-corrected chi connectivity index (χ1v) is 7.85. The lowest BCUT2D eigenvalue weighted by molar-refractivity contribution is -0.385. The van der Waals surface area contributed by atoms with Gasteiger partial charge in [0, 0.05) is 18.0 Å². The molecule has 0 saturated heterocycles. The number of pyridine rings is 1. The van der Waals surface area contributed by atoms with Crippen molar-refractivity contribution >= 4 is 17.4 Å². The fraction of sp³-hybridized carbons (Fsp3) is 0.294. The Balaban J connectivity index is 1.61. The van der Waals surface area contributed by atoms with Crippen molar-refractivity contribution in [3.8, 4) is 0 Å². The number of anilines is 1. The number of nitrogens with zero attached hydrogens (tertiary/aromatic N) is 2. The maximum absolute atomic E-state index is 11.6. The molecule has 2 aliphatic carbocycles. The molecule has 24 heavy (non-hydrogen) atoms. The maximum atomic E-state index is 11.6. The van der Waals surface area contributed by atoms with Gasteiger partial charge < -0.3 is 11.1 Å². The number of nitro groups is 1. The number of carbonyl (C=O) groups is 1. The molecule has 0 bridgehead atoms. The number of nitrogens with two attached hydrogens (primary N) is 1. The van der Waals surface area contributed by atoms with E-state index in [-0.39, 0.29) is 17.3 Å². The Kier molecular flexibility index (Phi) is 3.23. The second kappa shape index (κ2) is 5.30. The highest BCUT2D eigenvalue weighted by molar-refractivity contribution is 5.98. The van der Waals surface area contributed by atoms with Gasteiger partial charge >= 0.3 is 0 Å². The Labute approximate surface area is 138 Å².